The molecule has 0 bridgehead atoms. The van der Waals surface area contributed by atoms with Crippen molar-refractivity contribution in [2.45, 2.75) is 33.8 Å². The number of nitrogens with zero attached hydrogens (tertiary/aromatic N) is 2. The van der Waals surface area contributed by atoms with Crippen LogP contribution in [-0.4, -0.2) is 16.7 Å². The molecule has 0 amide bonds. The van der Waals surface area contributed by atoms with Crippen molar-refractivity contribution in [2.75, 3.05) is 6.54 Å². The van der Waals surface area contributed by atoms with Gasteiger partial charge in [-0.2, -0.15) is 4.98 Å². The first-order valence-corrected chi connectivity index (χ1v) is 6.32. The molecule has 19 heavy (non-hydrogen) atoms. The Labute approximate surface area is 112 Å². The molecule has 0 saturated heterocycles. The summed E-state index contributed by atoms with van der Waals surface area (Å²) in [5, 5.41) is 3.81. The van der Waals surface area contributed by atoms with Crippen LogP contribution in [0.2, 0.25) is 0 Å². The molecule has 0 atom stereocenters. The van der Waals surface area contributed by atoms with Gasteiger partial charge in [0.25, 0.3) is 0 Å². The summed E-state index contributed by atoms with van der Waals surface area (Å²) in [5.41, 5.74) is 9.02. The van der Waals surface area contributed by atoms with E-state index in [0.717, 1.165) is 23.3 Å². The highest BCUT2D eigenvalue weighted by Crippen LogP contribution is 2.25. The van der Waals surface area contributed by atoms with Crippen LogP contribution in [0.25, 0.3) is 0 Å². The summed E-state index contributed by atoms with van der Waals surface area (Å²) >= 11 is 0. The maximum absolute atomic E-state index is 5.78. The predicted octanol–water partition coefficient (Wildman–Crippen LogP) is 2.08. The summed E-state index contributed by atoms with van der Waals surface area (Å²) in [4.78, 5) is 4.11. The van der Waals surface area contributed by atoms with Crippen LogP contribution in [0.3, 0.4) is 0 Å². The predicted molar refractivity (Wildman–Crippen MR) is 72.0 cm³/mol. The molecule has 1 aromatic heterocycles. The second-order valence-electron chi connectivity index (χ2n) is 4.62. The summed E-state index contributed by atoms with van der Waals surface area (Å²) in [6, 6.07) is 4.22. The number of benzene rings is 1. The molecule has 1 aromatic carbocycles. The van der Waals surface area contributed by atoms with Crippen LogP contribution in [0.5, 0.6) is 5.75 Å². The van der Waals surface area contributed by atoms with Gasteiger partial charge in [-0.3, -0.25) is 0 Å². The molecule has 0 unspecified atom stereocenters. The average molecular weight is 261 g/mol. The van der Waals surface area contributed by atoms with Gasteiger partial charge < -0.3 is 15.0 Å². The molecule has 0 aliphatic carbocycles. The highest BCUT2D eigenvalue weighted by Gasteiger charge is 2.09. The molecular formula is C14H19N3O2. The van der Waals surface area contributed by atoms with E-state index >= 15 is 0 Å². The van der Waals surface area contributed by atoms with Gasteiger partial charge in [0.2, 0.25) is 11.7 Å². The van der Waals surface area contributed by atoms with E-state index in [9.17, 15) is 0 Å². The molecule has 0 fully saturated rings. The van der Waals surface area contributed by atoms with Gasteiger partial charge in [0.05, 0.1) is 0 Å². The van der Waals surface area contributed by atoms with Gasteiger partial charge >= 0.3 is 0 Å². The van der Waals surface area contributed by atoms with E-state index in [1.165, 1.54) is 5.56 Å². The van der Waals surface area contributed by atoms with Crippen molar-refractivity contribution in [3.63, 3.8) is 0 Å². The summed E-state index contributed by atoms with van der Waals surface area (Å²) in [6.07, 6.45) is 0.881. The Hall–Kier alpha value is -1.88. The van der Waals surface area contributed by atoms with Crippen molar-refractivity contribution in [1.82, 2.24) is 10.1 Å². The summed E-state index contributed by atoms with van der Waals surface area (Å²) in [5.74, 6) is 1.98. The molecule has 1 heterocycles. The Morgan fingerprint density at radius 3 is 2.42 bits per heavy atom. The van der Waals surface area contributed by atoms with Crippen LogP contribution in [0, 0.1) is 20.8 Å². The van der Waals surface area contributed by atoms with Crippen LogP contribution in [0.15, 0.2) is 16.7 Å². The quantitative estimate of drug-likeness (QED) is 0.891. The maximum Gasteiger partial charge on any atom is 0.223 e. The van der Waals surface area contributed by atoms with Crippen LogP contribution in [-0.2, 0) is 13.0 Å². The molecule has 0 aliphatic heterocycles. The number of ether oxygens (including phenoxy) is 1. The lowest BCUT2D eigenvalue weighted by atomic mass is 10.0. The molecule has 0 aliphatic rings. The Morgan fingerprint density at radius 1 is 1.21 bits per heavy atom. The first-order chi connectivity index (χ1) is 9.10. The van der Waals surface area contributed by atoms with Gasteiger partial charge in [-0.25, -0.2) is 0 Å². The lowest BCUT2D eigenvalue weighted by molar-refractivity contribution is 0.282. The van der Waals surface area contributed by atoms with Gasteiger partial charge in [0.1, 0.15) is 5.75 Å². The first-order valence-electron chi connectivity index (χ1n) is 6.32. The second kappa shape index (κ2) is 5.84. The number of aromatic nitrogens is 2. The van der Waals surface area contributed by atoms with E-state index in [0.29, 0.717) is 24.9 Å². The molecule has 2 rings (SSSR count). The van der Waals surface area contributed by atoms with Crippen molar-refractivity contribution in [1.29, 1.82) is 0 Å². The maximum atomic E-state index is 5.78. The van der Waals surface area contributed by atoms with Crippen molar-refractivity contribution in [2.24, 2.45) is 5.73 Å². The third-order valence-corrected chi connectivity index (χ3v) is 2.87. The fourth-order valence-corrected chi connectivity index (χ4v) is 2.12. The van der Waals surface area contributed by atoms with E-state index in [1.807, 2.05) is 13.8 Å². The Balaban J connectivity index is 2.11. The van der Waals surface area contributed by atoms with Crippen LogP contribution >= 0.6 is 0 Å². The smallest absolute Gasteiger partial charge is 0.223 e. The summed E-state index contributed by atoms with van der Waals surface area (Å²) in [6.45, 7) is 6.79. The lowest BCUT2D eigenvalue weighted by Crippen LogP contribution is -2.05. The molecule has 2 aromatic rings. The summed E-state index contributed by atoms with van der Waals surface area (Å²) < 4.78 is 10.7. The minimum absolute atomic E-state index is 0.315. The molecule has 102 valence electrons. The third kappa shape index (κ3) is 3.32. The van der Waals surface area contributed by atoms with Crippen LogP contribution in [0.1, 0.15) is 28.4 Å². The average Bonchev–Trinajstić information content (AvgIpc) is 2.74. The molecule has 5 heteroatoms. The van der Waals surface area contributed by atoms with Crippen molar-refractivity contribution in [3.8, 4) is 5.75 Å². The number of hydrogen-bond acceptors (Lipinski definition) is 5. The normalized spacial score (nSPS) is 10.7. The van der Waals surface area contributed by atoms with Crippen molar-refractivity contribution >= 4 is 0 Å². The van der Waals surface area contributed by atoms with E-state index in [4.69, 9.17) is 15.0 Å². The van der Waals surface area contributed by atoms with Gasteiger partial charge in [0, 0.05) is 6.92 Å². The number of hydrogen-bond donors (Lipinski definition) is 1. The van der Waals surface area contributed by atoms with Gasteiger partial charge in [-0.1, -0.05) is 17.3 Å². The second-order valence-corrected chi connectivity index (χ2v) is 4.62. The fourth-order valence-electron chi connectivity index (χ4n) is 2.12. The van der Waals surface area contributed by atoms with Crippen molar-refractivity contribution in [3.05, 3.63) is 40.5 Å². The number of aryl methyl sites for hydroxylation is 3. The van der Waals surface area contributed by atoms with E-state index in [-0.39, 0.29) is 0 Å². The monoisotopic (exact) mass is 261 g/mol. The Bertz CT molecular complexity index is 541. The zero-order valence-electron chi connectivity index (χ0n) is 11.6. The highest BCUT2D eigenvalue weighted by molar-refractivity contribution is 5.43. The third-order valence-electron chi connectivity index (χ3n) is 2.87. The largest absolute Gasteiger partial charge is 0.485 e. The molecule has 0 saturated carbocycles. The SMILES string of the molecule is Cc1nc(COc2c(C)cc(CCN)cc2C)no1. The highest BCUT2D eigenvalue weighted by atomic mass is 16.5. The molecular weight excluding hydrogens is 242 g/mol. The lowest BCUT2D eigenvalue weighted by Gasteiger charge is -2.12. The molecule has 0 radical (unpaired) electrons. The van der Waals surface area contributed by atoms with E-state index in [1.54, 1.807) is 6.92 Å². The number of rotatable bonds is 5. The van der Waals surface area contributed by atoms with Gasteiger partial charge in [-0.05, 0) is 43.5 Å². The van der Waals surface area contributed by atoms with Gasteiger partial charge in [0.15, 0.2) is 6.61 Å². The topological polar surface area (TPSA) is 74.2 Å². The zero-order valence-corrected chi connectivity index (χ0v) is 11.6. The van der Waals surface area contributed by atoms with E-state index in [2.05, 4.69) is 22.3 Å². The van der Waals surface area contributed by atoms with E-state index < -0.39 is 0 Å². The molecule has 2 N–H and O–H groups in total. The zero-order chi connectivity index (χ0) is 13.8. The van der Waals surface area contributed by atoms with Crippen LogP contribution < -0.4 is 10.5 Å². The first kappa shape index (κ1) is 13.5. The molecule has 5 nitrogen and oxygen atoms in total. The molecule has 0 spiro atoms. The number of nitrogens with two attached hydrogens (primary N) is 1. The van der Waals surface area contributed by atoms with Crippen LogP contribution in [0.4, 0.5) is 0 Å². The standard InChI is InChI=1S/C14H19N3O2/c1-9-6-12(4-5-15)7-10(2)14(9)18-8-13-16-11(3)19-17-13/h6-7H,4-5,8,15H2,1-3H3. The Kier molecular flexibility index (Phi) is 4.16. The fraction of sp³-hybridized carbons (Fsp3) is 0.429. The Morgan fingerprint density at radius 2 is 1.89 bits per heavy atom. The minimum atomic E-state index is 0.315. The van der Waals surface area contributed by atoms with Crippen molar-refractivity contribution < 1.29 is 9.26 Å². The van der Waals surface area contributed by atoms with Gasteiger partial charge in [-0.15, -0.1) is 0 Å². The summed E-state index contributed by atoms with van der Waals surface area (Å²) in [7, 11) is 0. The minimum Gasteiger partial charge on any atom is -0.485 e.